The Kier molecular flexibility index (Phi) is 5.50. The maximum atomic E-state index is 13.3. The summed E-state index contributed by atoms with van der Waals surface area (Å²) in [6.07, 6.45) is 4.05. The van der Waals surface area contributed by atoms with Gasteiger partial charge in [0.05, 0.1) is 6.54 Å². The number of halogens is 2. The third-order valence-electron chi connectivity index (χ3n) is 4.81. The summed E-state index contributed by atoms with van der Waals surface area (Å²) in [5.74, 6) is -1.77. The average Bonchev–Trinajstić information content (AvgIpc) is 2.60. The fraction of sp³-hybridized carbons (Fsp3) is 0.556. The van der Waals surface area contributed by atoms with Crippen LogP contribution in [0.1, 0.15) is 32.1 Å². The molecule has 7 heteroatoms. The fourth-order valence-corrected chi connectivity index (χ4v) is 3.44. The van der Waals surface area contributed by atoms with Crippen molar-refractivity contribution in [3.05, 3.63) is 29.8 Å². The molecule has 1 aromatic carbocycles. The molecule has 0 bridgehead atoms. The van der Waals surface area contributed by atoms with Crippen LogP contribution >= 0.6 is 0 Å². The van der Waals surface area contributed by atoms with Crippen molar-refractivity contribution in [1.29, 1.82) is 0 Å². The highest BCUT2D eigenvalue weighted by Gasteiger charge is 2.27. The number of nitrogens with zero attached hydrogens (tertiary/aromatic N) is 2. The van der Waals surface area contributed by atoms with Crippen molar-refractivity contribution in [3.63, 3.8) is 0 Å². The molecule has 5 nitrogen and oxygen atoms in total. The van der Waals surface area contributed by atoms with Crippen LogP contribution in [0.4, 0.5) is 14.5 Å². The van der Waals surface area contributed by atoms with Gasteiger partial charge < -0.3 is 15.1 Å². The van der Waals surface area contributed by atoms with Gasteiger partial charge in [-0.2, -0.15) is 0 Å². The van der Waals surface area contributed by atoms with E-state index < -0.39 is 11.6 Å². The van der Waals surface area contributed by atoms with Gasteiger partial charge in [-0.15, -0.1) is 0 Å². The van der Waals surface area contributed by atoms with Gasteiger partial charge in [0.15, 0.2) is 11.6 Å². The summed E-state index contributed by atoms with van der Waals surface area (Å²) in [5, 5.41) is 3.17. The number of likely N-dealkylation sites (tertiary alicyclic amines) is 2. The Morgan fingerprint density at radius 2 is 2.00 bits per heavy atom. The molecule has 1 aromatic rings. The van der Waals surface area contributed by atoms with Crippen molar-refractivity contribution in [2.45, 2.75) is 38.1 Å². The first kappa shape index (κ1) is 17.6. The second kappa shape index (κ2) is 7.80. The van der Waals surface area contributed by atoms with Gasteiger partial charge in [-0.3, -0.25) is 9.59 Å². The number of anilines is 1. The Balaban J connectivity index is 1.55. The first-order valence-corrected chi connectivity index (χ1v) is 8.80. The van der Waals surface area contributed by atoms with Crippen molar-refractivity contribution in [1.82, 2.24) is 9.80 Å². The van der Waals surface area contributed by atoms with Crippen LogP contribution in [-0.4, -0.2) is 53.8 Å². The van der Waals surface area contributed by atoms with E-state index in [1.165, 1.54) is 6.07 Å². The lowest BCUT2D eigenvalue weighted by atomic mass is 10.0. The van der Waals surface area contributed by atoms with Crippen molar-refractivity contribution in [2.24, 2.45) is 0 Å². The Morgan fingerprint density at radius 3 is 2.76 bits per heavy atom. The smallest absolute Gasteiger partial charge is 0.242 e. The molecule has 1 N–H and O–H groups in total. The number of amides is 2. The van der Waals surface area contributed by atoms with Crippen LogP contribution in [0.5, 0.6) is 0 Å². The van der Waals surface area contributed by atoms with Gasteiger partial charge in [0.2, 0.25) is 11.8 Å². The molecular weight excluding hydrogens is 328 g/mol. The fourth-order valence-electron chi connectivity index (χ4n) is 3.44. The summed E-state index contributed by atoms with van der Waals surface area (Å²) >= 11 is 0. The van der Waals surface area contributed by atoms with Crippen molar-refractivity contribution in [3.8, 4) is 0 Å². The minimum atomic E-state index is -0.891. The summed E-state index contributed by atoms with van der Waals surface area (Å²) in [5.41, 5.74) is 0.504. The first-order valence-electron chi connectivity index (χ1n) is 8.80. The number of carbonyl (C=O) groups is 2. The van der Waals surface area contributed by atoms with E-state index in [1.807, 2.05) is 0 Å². The standard InChI is InChI=1S/C18H23F2N3O2/c19-15-7-6-13(10-16(15)20)21-14-4-3-9-22(11-14)18(25)12-23-8-2-1-5-17(23)24/h6-7,10,14,21H,1-5,8-9,11-12H2. The second-order valence-corrected chi connectivity index (χ2v) is 6.72. The molecule has 2 fully saturated rings. The molecule has 1 unspecified atom stereocenters. The van der Waals surface area contributed by atoms with E-state index in [2.05, 4.69) is 5.32 Å². The molecule has 0 aromatic heterocycles. The minimum Gasteiger partial charge on any atom is -0.380 e. The predicted octanol–water partition coefficient (Wildman–Crippen LogP) is 2.38. The normalized spacial score (nSPS) is 21.4. The number of hydrogen-bond acceptors (Lipinski definition) is 3. The number of piperidine rings is 2. The topological polar surface area (TPSA) is 52.7 Å². The summed E-state index contributed by atoms with van der Waals surface area (Å²) in [6, 6.07) is 3.69. The molecule has 0 spiro atoms. The molecule has 2 saturated heterocycles. The number of carbonyl (C=O) groups excluding carboxylic acids is 2. The maximum absolute atomic E-state index is 13.3. The summed E-state index contributed by atoms with van der Waals surface area (Å²) < 4.78 is 26.3. The highest BCUT2D eigenvalue weighted by atomic mass is 19.2. The SMILES string of the molecule is O=C1CCCCN1CC(=O)N1CCCC(Nc2ccc(F)c(F)c2)C1. The molecular formula is C18H23F2N3O2. The van der Waals surface area contributed by atoms with Gasteiger partial charge in [0.25, 0.3) is 0 Å². The monoisotopic (exact) mass is 351 g/mol. The van der Waals surface area contributed by atoms with Crippen LogP contribution in [0.15, 0.2) is 18.2 Å². The van der Waals surface area contributed by atoms with Gasteiger partial charge in [-0.1, -0.05) is 0 Å². The van der Waals surface area contributed by atoms with Gasteiger partial charge in [-0.05, 0) is 37.8 Å². The summed E-state index contributed by atoms with van der Waals surface area (Å²) in [4.78, 5) is 27.7. The summed E-state index contributed by atoms with van der Waals surface area (Å²) in [7, 11) is 0. The largest absolute Gasteiger partial charge is 0.380 e. The Hall–Kier alpha value is -2.18. The zero-order valence-electron chi connectivity index (χ0n) is 14.1. The van der Waals surface area contributed by atoms with E-state index >= 15 is 0 Å². The molecule has 2 heterocycles. The molecule has 136 valence electrons. The Labute approximate surface area is 146 Å². The number of nitrogens with one attached hydrogen (secondary N) is 1. The van der Waals surface area contributed by atoms with Gasteiger partial charge in [0, 0.05) is 43.9 Å². The highest BCUT2D eigenvalue weighted by molar-refractivity contribution is 5.85. The van der Waals surface area contributed by atoms with E-state index in [4.69, 9.17) is 0 Å². The Morgan fingerprint density at radius 1 is 1.16 bits per heavy atom. The maximum Gasteiger partial charge on any atom is 0.242 e. The third kappa shape index (κ3) is 4.46. The lowest BCUT2D eigenvalue weighted by molar-refractivity contribution is -0.142. The van der Waals surface area contributed by atoms with Crippen LogP contribution in [0.2, 0.25) is 0 Å². The zero-order valence-corrected chi connectivity index (χ0v) is 14.1. The van der Waals surface area contributed by atoms with Crippen molar-refractivity contribution >= 4 is 17.5 Å². The van der Waals surface area contributed by atoms with Crippen LogP contribution < -0.4 is 5.32 Å². The first-order chi connectivity index (χ1) is 12.0. The average molecular weight is 351 g/mol. The molecule has 0 radical (unpaired) electrons. The van der Waals surface area contributed by atoms with Crippen LogP contribution in [0.25, 0.3) is 0 Å². The number of benzene rings is 1. The van der Waals surface area contributed by atoms with Gasteiger partial charge in [0.1, 0.15) is 0 Å². The number of hydrogen-bond donors (Lipinski definition) is 1. The zero-order chi connectivity index (χ0) is 17.8. The van der Waals surface area contributed by atoms with E-state index in [1.54, 1.807) is 9.80 Å². The van der Waals surface area contributed by atoms with Crippen LogP contribution in [0, 0.1) is 11.6 Å². The van der Waals surface area contributed by atoms with E-state index in [9.17, 15) is 18.4 Å². The molecule has 2 aliphatic rings. The molecule has 25 heavy (non-hydrogen) atoms. The minimum absolute atomic E-state index is 0.0142. The van der Waals surface area contributed by atoms with Gasteiger partial charge >= 0.3 is 0 Å². The molecule has 3 rings (SSSR count). The van der Waals surface area contributed by atoms with Gasteiger partial charge in [-0.25, -0.2) is 8.78 Å². The second-order valence-electron chi connectivity index (χ2n) is 6.72. The summed E-state index contributed by atoms with van der Waals surface area (Å²) in [6.45, 7) is 1.95. The third-order valence-corrected chi connectivity index (χ3v) is 4.81. The molecule has 1 atom stereocenters. The highest BCUT2D eigenvalue weighted by Crippen LogP contribution is 2.19. The van der Waals surface area contributed by atoms with Crippen LogP contribution in [-0.2, 0) is 9.59 Å². The van der Waals surface area contributed by atoms with Crippen molar-refractivity contribution < 1.29 is 18.4 Å². The predicted molar refractivity (Wildman–Crippen MR) is 90.0 cm³/mol. The van der Waals surface area contributed by atoms with Crippen molar-refractivity contribution in [2.75, 3.05) is 31.5 Å². The number of rotatable bonds is 4. The molecule has 0 saturated carbocycles. The molecule has 2 amide bonds. The van der Waals surface area contributed by atoms with Crippen LogP contribution in [0.3, 0.4) is 0 Å². The Bertz CT molecular complexity index is 653. The lowest BCUT2D eigenvalue weighted by Crippen LogP contribution is -2.50. The molecule has 0 aliphatic carbocycles. The van der Waals surface area contributed by atoms with E-state index in [0.717, 1.165) is 37.8 Å². The van der Waals surface area contributed by atoms with E-state index in [0.29, 0.717) is 31.7 Å². The molecule has 2 aliphatic heterocycles. The van der Waals surface area contributed by atoms with E-state index in [-0.39, 0.29) is 24.4 Å². The lowest BCUT2D eigenvalue weighted by Gasteiger charge is -2.35. The quantitative estimate of drug-likeness (QED) is 0.906.